The zero-order chi connectivity index (χ0) is 11.1. The third-order valence-electron chi connectivity index (χ3n) is 2.54. The lowest BCUT2D eigenvalue weighted by molar-refractivity contribution is -0.134. The molecule has 4 heteroatoms. The van der Waals surface area contributed by atoms with Gasteiger partial charge in [-0.15, -0.1) is 0 Å². The molecule has 0 unspecified atom stereocenters. The molecule has 0 radical (unpaired) electrons. The third kappa shape index (κ3) is 5.14. The van der Waals surface area contributed by atoms with Crippen LogP contribution < -0.4 is 5.32 Å². The molecule has 1 aliphatic heterocycles. The Morgan fingerprint density at radius 3 is 2.67 bits per heavy atom. The zero-order valence-electron chi connectivity index (χ0n) is 9.79. The number of hydrogen-bond acceptors (Lipinski definition) is 3. The molecule has 4 nitrogen and oxygen atoms in total. The summed E-state index contributed by atoms with van der Waals surface area (Å²) in [7, 11) is 0. The van der Waals surface area contributed by atoms with Gasteiger partial charge in [0.25, 0.3) is 0 Å². The molecule has 0 aromatic rings. The Bertz CT molecular complexity index is 189. The zero-order valence-corrected chi connectivity index (χ0v) is 9.79. The average molecular weight is 214 g/mol. The van der Waals surface area contributed by atoms with Crippen LogP contribution in [0, 0.1) is 5.92 Å². The molecule has 0 aromatic carbocycles. The SMILES string of the molecule is CC(C)CCNCC(=O)N1CCOCC1. The van der Waals surface area contributed by atoms with Gasteiger partial charge >= 0.3 is 0 Å². The first kappa shape index (κ1) is 12.5. The molecule has 1 heterocycles. The maximum atomic E-state index is 11.7. The van der Waals surface area contributed by atoms with Gasteiger partial charge in [-0.2, -0.15) is 0 Å². The van der Waals surface area contributed by atoms with Crippen LogP contribution in [0.2, 0.25) is 0 Å². The lowest BCUT2D eigenvalue weighted by Crippen LogP contribution is -2.44. The van der Waals surface area contributed by atoms with Crippen LogP contribution in [0.1, 0.15) is 20.3 Å². The van der Waals surface area contributed by atoms with Crippen LogP contribution in [-0.2, 0) is 9.53 Å². The van der Waals surface area contributed by atoms with Gasteiger partial charge < -0.3 is 15.0 Å². The summed E-state index contributed by atoms with van der Waals surface area (Å²) in [5.74, 6) is 0.887. The van der Waals surface area contributed by atoms with Crippen molar-refractivity contribution >= 4 is 5.91 Å². The number of morpholine rings is 1. The van der Waals surface area contributed by atoms with Gasteiger partial charge in [-0.1, -0.05) is 13.8 Å². The van der Waals surface area contributed by atoms with Gasteiger partial charge in [0.1, 0.15) is 0 Å². The molecule has 1 fully saturated rings. The van der Waals surface area contributed by atoms with Crippen LogP contribution in [0.25, 0.3) is 0 Å². The van der Waals surface area contributed by atoms with Crippen molar-refractivity contribution in [3.05, 3.63) is 0 Å². The standard InChI is InChI=1S/C11H22N2O2/c1-10(2)3-4-12-9-11(14)13-5-7-15-8-6-13/h10,12H,3-9H2,1-2H3. The minimum Gasteiger partial charge on any atom is -0.378 e. The number of nitrogens with one attached hydrogen (secondary N) is 1. The second kappa shape index (κ2) is 6.80. The normalized spacial score (nSPS) is 17.1. The van der Waals surface area contributed by atoms with E-state index in [2.05, 4.69) is 19.2 Å². The van der Waals surface area contributed by atoms with Crippen molar-refractivity contribution in [3.63, 3.8) is 0 Å². The van der Waals surface area contributed by atoms with Crippen molar-refractivity contribution in [1.29, 1.82) is 0 Å². The van der Waals surface area contributed by atoms with E-state index in [9.17, 15) is 4.79 Å². The molecule has 88 valence electrons. The number of ether oxygens (including phenoxy) is 1. The number of carbonyl (C=O) groups is 1. The Labute approximate surface area is 92.0 Å². The monoisotopic (exact) mass is 214 g/mol. The van der Waals surface area contributed by atoms with Gasteiger partial charge in [-0.05, 0) is 18.9 Å². The van der Waals surface area contributed by atoms with Crippen LogP contribution in [0.15, 0.2) is 0 Å². The van der Waals surface area contributed by atoms with Crippen molar-refractivity contribution in [1.82, 2.24) is 10.2 Å². The first-order valence-electron chi connectivity index (χ1n) is 5.76. The summed E-state index contributed by atoms with van der Waals surface area (Å²) in [5.41, 5.74) is 0. The predicted molar refractivity (Wildman–Crippen MR) is 59.7 cm³/mol. The Balaban J connectivity index is 2.07. The van der Waals surface area contributed by atoms with Crippen molar-refractivity contribution in [3.8, 4) is 0 Å². The minimum atomic E-state index is 0.196. The van der Waals surface area contributed by atoms with Crippen molar-refractivity contribution in [2.45, 2.75) is 20.3 Å². The number of hydrogen-bond donors (Lipinski definition) is 1. The smallest absolute Gasteiger partial charge is 0.236 e. The summed E-state index contributed by atoms with van der Waals surface area (Å²) in [5, 5.41) is 3.18. The van der Waals surface area contributed by atoms with Gasteiger partial charge in [0.05, 0.1) is 19.8 Å². The largest absolute Gasteiger partial charge is 0.378 e. The molecule has 1 amide bonds. The quantitative estimate of drug-likeness (QED) is 0.677. The van der Waals surface area contributed by atoms with E-state index in [4.69, 9.17) is 4.74 Å². The second-order valence-electron chi connectivity index (χ2n) is 4.35. The summed E-state index contributed by atoms with van der Waals surface area (Å²) in [6.45, 7) is 8.60. The van der Waals surface area contributed by atoms with Crippen LogP contribution in [0.4, 0.5) is 0 Å². The summed E-state index contributed by atoms with van der Waals surface area (Å²) in [6.07, 6.45) is 1.12. The molecule has 0 aromatic heterocycles. The Hall–Kier alpha value is -0.610. The van der Waals surface area contributed by atoms with E-state index in [0.717, 1.165) is 26.1 Å². The molecule has 15 heavy (non-hydrogen) atoms. The number of rotatable bonds is 5. The van der Waals surface area contributed by atoms with Crippen LogP contribution in [0.3, 0.4) is 0 Å². The van der Waals surface area contributed by atoms with E-state index < -0.39 is 0 Å². The first-order valence-corrected chi connectivity index (χ1v) is 5.76. The minimum absolute atomic E-state index is 0.196. The third-order valence-corrected chi connectivity index (χ3v) is 2.54. The first-order chi connectivity index (χ1) is 7.20. The fraction of sp³-hybridized carbons (Fsp3) is 0.909. The predicted octanol–water partition coefficient (Wildman–Crippen LogP) is 0.481. The van der Waals surface area contributed by atoms with Crippen molar-refractivity contribution in [2.24, 2.45) is 5.92 Å². The molecule has 0 spiro atoms. The molecule has 0 saturated carbocycles. The highest BCUT2D eigenvalue weighted by molar-refractivity contribution is 5.78. The Morgan fingerprint density at radius 2 is 2.07 bits per heavy atom. The molecule has 0 aliphatic carbocycles. The van der Waals surface area contributed by atoms with Gasteiger partial charge in [0.15, 0.2) is 0 Å². The van der Waals surface area contributed by atoms with Crippen LogP contribution in [0.5, 0.6) is 0 Å². The van der Waals surface area contributed by atoms with Gasteiger partial charge in [0, 0.05) is 13.1 Å². The molecule has 0 bridgehead atoms. The Morgan fingerprint density at radius 1 is 1.40 bits per heavy atom. The fourth-order valence-corrected chi connectivity index (χ4v) is 1.51. The molecule has 0 atom stereocenters. The van der Waals surface area contributed by atoms with Crippen LogP contribution in [-0.4, -0.2) is 50.2 Å². The molecular formula is C11H22N2O2. The van der Waals surface area contributed by atoms with Gasteiger partial charge in [-0.3, -0.25) is 4.79 Å². The van der Waals surface area contributed by atoms with Gasteiger partial charge in [0.2, 0.25) is 5.91 Å². The van der Waals surface area contributed by atoms with E-state index in [1.807, 2.05) is 4.90 Å². The van der Waals surface area contributed by atoms with E-state index >= 15 is 0 Å². The van der Waals surface area contributed by atoms with Gasteiger partial charge in [-0.25, -0.2) is 0 Å². The lowest BCUT2D eigenvalue weighted by atomic mass is 10.1. The van der Waals surface area contributed by atoms with Crippen molar-refractivity contribution < 1.29 is 9.53 Å². The number of amides is 1. The van der Waals surface area contributed by atoms with E-state index in [1.165, 1.54) is 0 Å². The molecule has 1 saturated heterocycles. The Kier molecular flexibility index (Phi) is 5.65. The number of carbonyl (C=O) groups excluding carboxylic acids is 1. The van der Waals surface area contributed by atoms with E-state index in [-0.39, 0.29) is 5.91 Å². The number of nitrogens with zero attached hydrogens (tertiary/aromatic N) is 1. The highest BCUT2D eigenvalue weighted by atomic mass is 16.5. The summed E-state index contributed by atoms with van der Waals surface area (Å²) >= 11 is 0. The average Bonchev–Trinajstić information content (AvgIpc) is 2.25. The van der Waals surface area contributed by atoms with E-state index in [0.29, 0.717) is 25.7 Å². The summed E-state index contributed by atoms with van der Waals surface area (Å²) in [6, 6.07) is 0. The fourth-order valence-electron chi connectivity index (χ4n) is 1.51. The molecule has 1 aliphatic rings. The highest BCUT2D eigenvalue weighted by Crippen LogP contribution is 1.98. The highest BCUT2D eigenvalue weighted by Gasteiger charge is 2.15. The summed E-state index contributed by atoms with van der Waals surface area (Å²) in [4.78, 5) is 13.5. The maximum absolute atomic E-state index is 11.7. The van der Waals surface area contributed by atoms with E-state index in [1.54, 1.807) is 0 Å². The second-order valence-corrected chi connectivity index (χ2v) is 4.35. The molecule has 1 rings (SSSR count). The topological polar surface area (TPSA) is 41.6 Å². The summed E-state index contributed by atoms with van der Waals surface area (Å²) < 4.78 is 5.19. The van der Waals surface area contributed by atoms with Crippen LogP contribution >= 0.6 is 0 Å². The maximum Gasteiger partial charge on any atom is 0.236 e. The molecule has 1 N–H and O–H groups in total. The lowest BCUT2D eigenvalue weighted by Gasteiger charge is -2.27. The molecular weight excluding hydrogens is 192 g/mol. The van der Waals surface area contributed by atoms with Crippen molar-refractivity contribution in [2.75, 3.05) is 39.4 Å².